The van der Waals surface area contributed by atoms with Crippen LogP contribution in [-0.2, 0) is 9.59 Å². The molecule has 0 heterocycles. The monoisotopic (exact) mass is 295 g/mol. The molecule has 1 atom stereocenters. The molecule has 0 aliphatic heterocycles. The predicted molar refractivity (Wildman–Crippen MR) is 73.7 cm³/mol. The van der Waals surface area contributed by atoms with Crippen molar-refractivity contribution in [1.82, 2.24) is 10.6 Å². The minimum Gasteiger partial charge on any atom is -0.492 e. The number of carboxylic acids is 1. The summed E-state index contributed by atoms with van der Waals surface area (Å²) >= 11 is 0. The molecule has 0 aliphatic carbocycles. The van der Waals surface area contributed by atoms with E-state index in [1.807, 2.05) is 18.2 Å². The molecule has 1 aromatic rings. The molecule has 21 heavy (non-hydrogen) atoms. The summed E-state index contributed by atoms with van der Waals surface area (Å²) in [4.78, 5) is 32.9. The van der Waals surface area contributed by atoms with Crippen LogP contribution in [0.1, 0.15) is 6.42 Å². The maximum atomic E-state index is 11.5. The van der Waals surface area contributed by atoms with E-state index in [-0.39, 0.29) is 13.2 Å². The highest BCUT2D eigenvalue weighted by Crippen LogP contribution is 2.07. The second-order valence-electron chi connectivity index (χ2n) is 4.12. The minimum atomic E-state index is -1.35. The molecule has 114 valence electrons. The predicted octanol–water partition coefficient (Wildman–Crippen LogP) is -0.307. The van der Waals surface area contributed by atoms with Crippen molar-refractivity contribution in [3.8, 4) is 5.75 Å². The van der Waals surface area contributed by atoms with Gasteiger partial charge in [0.25, 0.3) is 0 Å². The summed E-state index contributed by atoms with van der Waals surface area (Å²) in [5.41, 5.74) is 4.90. The lowest BCUT2D eigenvalue weighted by Gasteiger charge is -2.13. The molecule has 1 rings (SSSR count). The topological polar surface area (TPSA) is 131 Å². The standard InChI is InChI=1S/C13H17N3O5/c14-11(17)8-10(12(18)19)16-13(20)15-6-7-21-9-4-2-1-3-5-9/h1-5,10H,6-8H2,(H2,14,17)(H,18,19)(H2,15,16,20). The number of nitrogens with one attached hydrogen (secondary N) is 2. The Labute approximate surface area is 121 Å². The van der Waals surface area contributed by atoms with Crippen LogP contribution in [0.4, 0.5) is 4.79 Å². The van der Waals surface area contributed by atoms with Gasteiger partial charge < -0.3 is 26.2 Å². The van der Waals surface area contributed by atoms with Gasteiger partial charge in [-0.2, -0.15) is 0 Å². The zero-order chi connectivity index (χ0) is 15.7. The first-order chi connectivity index (χ1) is 9.99. The van der Waals surface area contributed by atoms with Crippen molar-refractivity contribution in [2.45, 2.75) is 12.5 Å². The van der Waals surface area contributed by atoms with E-state index in [0.29, 0.717) is 5.75 Å². The number of para-hydroxylation sites is 1. The van der Waals surface area contributed by atoms with Crippen molar-refractivity contribution in [2.24, 2.45) is 5.73 Å². The van der Waals surface area contributed by atoms with Crippen LogP contribution in [0.15, 0.2) is 30.3 Å². The van der Waals surface area contributed by atoms with E-state index in [9.17, 15) is 14.4 Å². The number of amides is 3. The van der Waals surface area contributed by atoms with E-state index in [2.05, 4.69) is 10.6 Å². The second-order valence-corrected chi connectivity index (χ2v) is 4.12. The molecular weight excluding hydrogens is 278 g/mol. The molecule has 0 bridgehead atoms. The fourth-order valence-corrected chi connectivity index (χ4v) is 1.46. The number of carboxylic acid groups (broad SMARTS) is 1. The Kier molecular flexibility index (Phi) is 6.52. The van der Waals surface area contributed by atoms with Crippen molar-refractivity contribution in [3.05, 3.63) is 30.3 Å². The normalized spacial score (nSPS) is 11.2. The van der Waals surface area contributed by atoms with Crippen LogP contribution in [0.3, 0.4) is 0 Å². The SMILES string of the molecule is NC(=O)CC(NC(=O)NCCOc1ccccc1)C(=O)O. The number of primary amides is 1. The molecule has 8 nitrogen and oxygen atoms in total. The van der Waals surface area contributed by atoms with Gasteiger partial charge in [-0.1, -0.05) is 18.2 Å². The molecule has 0 aromatic heterocycles. The first-order valence-corrected chi connectivity index (χ1v) is 6.22. The first-order valence-electron chi connectivity index (χ1n) is 6.22. The van der Waals surface area contributed by atoms with Crippen molar-refractivity contribution in [3.63, 3.8) is 0 Å². The lowest BCUT2D eigenvalue weighted by Crippen LogP contribution is -2.48. The molecular formula is C13H17N3O5. The van der Waals surface area contributed by atoms with Crippen molar-refractivity contribution >= 4 is 17.9 Å². The van der Waals surface area contributed by atoms with Crippen molar-refractivity contribution < 1.29 is 24.2 Å². The number of aliphatic carboxylic acids is 1. The van der Waals surface area contributed by atoms with Crippen molar-refractivity contribution in [1.29, 1.82) is 0 Å². The molecule has 0 aliphatic rings. The number of carbonyl (C=O) groups excluding carboxylic acids is 2. The fourth-order valence-electron chi connectivity index (χ4n) is 1.46. The van der Waals surface area contributed by atoms with Gasteiger partial charge in [-0.05, 0) is 12.1 Å². The zero-order valence-electron chi connectivity index (χ0n) is 11.2. The Hall–Kier alpha value is -2.77. The average Bonchev–Trinajstić information content (AvgIpc) is 2.43. The molecule has 0 fully saturated rings. The summed E-state index contributed by atoms with van der Waals surface area (Å²) in [6.45, 7) is 0.411. The highest BCUT2D eigenvalue weighted by atomic mass is 16.5. The van der Waals surface area contributed by atoms with Crippen LogP contribution >= 0.6 is 0 Å². The van der Waals surface area contributed by atoms with Gasteiger partial charge in [-0.25, -0.2) is 9.59 Å². The number of hydrogen-bond donors (Lipinski definition) is 4. The highest BCUT2D eigenvalue weighted by Gasteiger charge is 2.21. The highest BCUT2D eigenvalue weighted by molar-refractivity contribution is 5.87. The van der Waals surface area contributed by atoms with Gasteiger partial charge in [0.1, 0.15) is 18.4 Å². The molecule has 0 spiro atoms. The number of ether oxygens (including phenoxy) is 1. The molecule has 1 aromatic carbocycles. The maximum absolute atomic E-state index is 11.5. The number of benzene rings is 1. The van der Waals surface area contributed by atoms with E-state index in [0.717, 1.165) is 0 Å². The van der Waals surface area contributed by atoms with E-state index in [4.69, 9.17) is 15.6 Å². The first kappa shape index (κ1) is 16.3. The molecule has 0 radical (unpaired) electrons. The van der Waals surface area contributed by atoms with Gasteiger partial charge in [-0.3, -0.25) is 4.79 Å². The zero-order valence-corrected chi connectivity index (χ0v) is 11.2. The summed E-state index contributed by atoms with van der Waals surface area (Å²) in [7, 11) is 0. The van der Waals surface area contributed by atoms with Crippen LogP contribution in [0, 0.1) is 0 Å². The Bertz CT molecular complexity index is 492. The summed E-state index contributed by atoms with van der Waals surface area (Å²) in [6, 6.07) is 6.97. The lowest BCUT2D eigenvalue weighted by atomic mass is 10.2. The van der Waals surface area contributed by atoms with Crippen LogP contribution in [0.25, 0.3) is 0 Å². The molecule has 0 saturated carbocycles. The third-order valence-corrected chi connectivity index (χ3v) is 2.41. The smallest absolute Gasteiger partial charge is 0.326 e. The summed E-state index contributed by atoms with van der Waals surface area (Å²) in [5.74, 6) is -1.48. The Morgan fingerprint density at radius 3 is 2.48 bits per heavy atom. The number of rotatable bonds is 8. The lowest BCUT2D eigenvalue weighted by molar-refractivity contribution is -0.140. The van der Waals surface area contributed by atoms with Crippen LogP contribution in [0.2, 0.25) is 0 Å². The Morgan fingerprint density at radius 1 is 1.24 bits per heavy atom. The molecule has 1 unspecified atom stereocenters. The minimum absolute atomic E-state index is 0.184. The molecule has 5 N–H and O–H groups in total. The molecule has 3 amide bonds. The number of carbonyl (C=O) groups is 3. The van der Waals surface area contributed by atoms with Crippen molar-refractivity contribution in [2.75, 3.05) is 13.2 Å². The quantitative estimate of drug-likeness (QED) is 0.489. The number of hydrogen-bond acceptors (Lipinski definition) is 4. The number of urea groups is 1. The third kappa shape index (κ3) is 6.81. The maximum Gasteiger partial charge on any atom is 0.326 e. The summed E-state index contributed by atoms with van der Waals surface area (Å²) < 4.78 is 5.34. The van der Waals surface area contributed by atoms with E-state index >= 15 is 0 Å². The van der Waals surface area contributed by atoms with E-state index < -0.39 is 30.4 Å². The van der Waals surface area contributed by atoms with Crippen LogP contribution in [0.5, 0.6) is 5.75 Å². The summed E-state index contributed by atoms with van der Waals surface area (Å²) in [5, 5.41) is 13.4. The summed E-state index contributed by atoms with van der Waals surface area (Å²) in [6.07, 6.45) is -0.469. The van der Waals surface area contributed by atoms with E-state index in [1.54, 1.807) is 12.1 Å². The van der Waals surface area contributed by atoms with E-state index in [1.165, 1.54) is 0 Å². The van der Waals surface area contributed by atoms with Gasteiger partial charge in [-0.15, -0.1) is 0 Å². The van der Waals surface area contributed by atoms with Gasteiger partial charge in [0.15, 0.2) is 0 Å². The third-order valence-electron chi connectivity index (χ3n) is 2.41. The van der Waals surface area contributed by atoms with Crippen LogP contribution in [-0.4, -0.2) is 42.2 Å². The Morgan fingerprint density at radius 2 is 1.90 bits per heavy atom. The van der Waals surface area contributed by atoms with Gasteiger partial charge in [0.05, 0.1) is 13.0 Å². The van der Waals surface area contributed by atoms with Crippen LogP contribution < -0.4 is 21.1 Å². The number of nitrogens with two attached hydrogens (primary N) is 1. The largest absolute Gasteiger partial charge is 0.492 e. The second kappa shape index (κ2) is 8.41. The van der Waals surface area contributed by atoms with Gasteiger partial charge >= 0.3 is 12.0 Å². The van der Waals surface area contributed by atoms with Gasteiger partial charge in [0, 0.05) is 0 Å². The molecule has 0 saturated heterocycles. The Balaban J connectivity index is 2.26. The fraction of sp³-hybridized carbons (Fsp3) is 0.308. The molecule has 8 heteroatoms. The van der Waals surface area contributed by atoms with Gasteiger partial charge in [0.2, 0.25) is 5.91 Å². The average molecular weight is 295 g/mol.